The van der Waals surface area contributed by atoms with Crippen molar-refractivity contribution in [2.45, 2.75) is 19.3 Å². The lowest BCUT2D eigenvalue weighted by atomic mass is 9.82. The summed E-state index contributed by atoms with van der Waals surface area (Å²) >= 11 is 0. The lowest BCUT2D eigenvalue weighted by molar-refractivity contribution is 0.660. The fourth-order valence-corrected chi connectivity index (χ4v) is 11.0. The van der Waals surface area contributed by atoms with Crippen molar-refractivity contribution in [3.05, 3.63) is 199 Å². The highest BCUT2D eigenvalue weighted by molar-refractivity contribution is 6.25. The number of hydrogen-bond acceptors (Lipinski definition) is 2. The summed E-state index contributed by atoms with van der Waals surface area (Å²) in [4.78, 5) is 2.44. The maximum Gasteiger partial charge on any atom is 0.136 e. The van der Waals surface area contributed by atoms with Gasteiger partial charge in [0.05, 0.1) is 33.1 Å². The minimum Gasteiger partial charge on any atom is -0.456 e. The first-order valence-electron chi connectivity index (χ1n) is 21.2. The van der Waals surface area contributed by atoms with Gasteiger partial charge in [0.15, 0.2) is 0 Å². The van der Waals surface area contributed by atoms with Gasteiger partial charge in [-0.2, -0.15) is 0 Å². The minimum absolute atomic E-state index is 0.136. The lowest BCUT2D eigenvalue weighted by Gasteiger charge is -2.28. The number of fused-ring (bicyclic) bond motifs is 15. The normalized spacial score (nSPS) is 13.5. The first-order chi connectivity index (χ1) is 30.0. The van der Waals surface area contributed by atoms with E-state index in [-0.39, 0.29) is 5.41 Å². The zero-order chi connectivity index (χ0) is 40.1. The van der Waals surface area contributed by atoms with Crippen molar-refractivity contribution in [3.8, 4) is 22.3 Å². The van der Waals surface area contributed by atoms with Crippen LogP contribution in [0.25, 0.3) is 98.8 Å². The summed E-state index contributed by atoms with van der Waals surface area (Å²) in [6, 6.07) is 69.3. The number of para-hydroxylation sites is 3. The lowest BCUT2D eigenvalue weighted by Crippen LogP contribution is -2.16. The molecule has 0 saturated carbocycles. The molecule has 0 fully saturated rings. The molecule has 9 aromatic carbocycles. The summed E-state index contributed by atoms with van der Waals surface area (Å²) in [5.74, 6) is 0. The molecule has 4 heteroatoms. The number of anilines is 3. The molecule has 0 aliphatic heterocycles. The Balaban J connectivity index is 1.01. The van der Waals surface area contributed by atoms with Crippen molar-refractivity contribution in [1.82, 2.24) is 8.80 Å². The molecule has 0 bridgehead atoms. The first-order valence-corrected chi connectivity index (χ1v) is 21.2. The fourth-order valence-electron chi connectivity index (χ4n) is 11.0. The van der Waals surface area contributed by atoms with Crippen LogP contribution in [-0.4, -0.2) is 8.80 Å². The molecule has 0 atom stereocenters. The van der Waals surface area contributed by atoms with Crippen LogP contribution in [0.2, 0.25) is 0 Å². The predicted molar refractivity (Wildman–Crippen MR) is 255 cm³/mol. The van der Waals surface area contributed by atoms with E-state index in [1.165, 1.54) is 76.9 Å². The molecule has 0 N–H and O–H groups in total. The van der Waals surface area contributed by atoms with Crippen molar-refractivity contribution in [2.24, 2.45) is 0 Å². The Bertz CT molecular complexity index is 3970. The number of aromatic nitrogens is 2. The number of benzene rings is 9. The van der Waals surface area contributed by atoms with Gasteiger partial charge in [0.25, 0.3) is 0 Å². The van der Waals surface area contributed by atoms with Gasteiger partial charge in [0.2, 0.25) is 0 Å². The van der Waals surface area contributed by atoms with Crippen molar-refractivity contribution >= 4 is 93.6 Å². The summed E-state index contributed by atoms with van der Waals surface area (Å²) < 4.78 is 11.3. The van der Waals surface area contributed by atoms with Crippen molar-refractivity contribution in [2.75, 3.05) is 4.90 Å². The maximum absolute atomic E-state index is 6.30. The second-order valence-electron chi connectivity index (χ2n) is 17.3. The molecule has 4 heterocycles. The highest BCUT2D eigenvalue weighted by atomic mass is 16.3. The molecule has 61 heavy (non-hydrogen) atoms. The number of hydrogen-bond donors (Lipinski definition) is 0. The molecule has 0 amide bonds. The number of nitrogens with zero attached hydrogens (tertiary/aromatic N) is 3. The molecule has 0 radical (unpaired) electrons. The Morgan fingerprint density at radius 1 is 0.377 bits per heavy atom. The van der Waals surface area contributed by atoms with Gasteiger partial charge in [-0.3, -0.25) is 0 Å². The Hall–Kier alpha value is -7.82. The third-order valence-corrected chi connectivity index (χ3v) is 13.8. The van der Waals surface area contributed by atoms with E-state index in [4.69, 9.17) is 4.42 Å². The second kappa shape index (κ2) is 11.7. The molecular formula is C57H37N3O. The largest absolute Gasteiger partial charge is 0.456 e. The van der Waals surface area contributed by atoms with Gasteiger partial charge in [-0.1, -0.05) is 129 Å². The van der Waals surface area contributed by atoms with Crippen molar-refractivity contribution in [3.63, 3.8) is 0 Å². The molecule has 4 nitrogen and oxygen atoms in total. The third-order valence-electron chi connectivity index (χ3n) is 13.8. The van der Waals surface area contributed by atoms with E-state index in [2.05, 4.69) is 203 Å². The molecule has 1 aliphatic rings. The fraction of sp³-hybridized carbons (Fsp3) is 0.0526. The molecule has 0 unspecified atom stereocenters. The summed E-state index contributed by atoms with van der Waals surface area (Å²) in [5.41, 5.74) is 19.9. The molecule has 0 spiro atoms. The molecule has 13 aromatic rings. The maximum atomic E-state index is 6.30. The summed E-state index contributed by atoms with van der Waals surface area (Å²) in [7, 11) is 0. The quantitative estimate of drug-likeness (QED) is 0.166. The van der Waals surface area contributed by atoms with Crippen LogP contribution >= 0.6 is 0 Å². The standard InChI is InChI=1S/C57H37N3O/c1-57(2)47-15-7-3-11-39(47)40-27-24-37(32-48(40)57)58(36-22-19-34(20-23-36)35-21-26-44-43-14-6-10-18-53(43)61-54(44)31-35)38-25-30-51-52(33-38)60-50-17-9-5-13-42(50)46-29-28-45-41-12-4-8-16-49(41)59(51)55(45)56(46)60/h3-33H,1-2H3. The number of furan rings is 1. The first kappa shape index (κ1) is 33.1. The van der Waals surface area contributed by atoms with E-state index in [1.54, 1.807) is 0 Å². The molecule has 4 aromatic heterocycles. The van der Waals surface area contributed by atoms with Crippen LogP contribution in [0, 0.1) is 0 Å². The topological polar surface area (TPSA) is 25.2 Å². The third kappa shape index (κ3) is 4.33. The van der Waals surface area contributed by atoms with E-state index in [9.17, 15) is 0 Å². The van der Waals surface area contributed by atoms with Crippen molar-refractivity contribution in [1.29, 1.82) is 0 Å². The van der Waals surface area contributed by atoms with E-state index in [0.717, 1.165) is 50.1 Å². The second-order valence-corrected chi connectivity index (χ2v) is 17.3. The van der Waals surface area contributed by atoms with Gasteiger partial charge in [0, 0.05) is 54.8 Å². The monoisotopic (exact) mass is 779 g/mol. The van der Waals surface area contributed by atoms with Crippen LogP contribution in [0.4, 0.5) is 17.1 Å². The average molecular weight is 780 g/mol. The van der Waals surface area contributed by atoms with Crippen LogP contribution in [-0.2, 0) is 5.41 Å². The zero-order valence-electron chi connectivity index (χ0n) is 33.6. The van der Waals surface area contributed by atoms with Crippen LogP contribution in [0.1, 0.15) is 25.0 Å². The Kier molecular flexibility index (Phi) is 6.33. The van der Waals surface area contributed by atoms with E-state index < -0.39 is 0 Å². The van der Waals surface area contributed by atoms with Gasteiger partial charge in [-0.15, -0.1) is 0 Å². The van der Waals surface area contributed by atoms with Gasteiger partial charge in [-0.25, -0.2) is 0 Å². The highest BCUT2D eigenvalue weighted by Crippen LogP contribution is 2.51. The molecule has 14 rings (SSSR count). The van der Waals surface area contributed by atoms with E-state index >= 15 is 0 Å². The van der Waals surface area contributed by atoms with Gasteiger partial charge in [-0.05, 0) is 106 Å². The number of rotatable bonds is 4. The molecule has 0 saturated heterocycles. The minimum atomic E-state index is -0.136. The van der Waals surface area contributed by atoms with Crippen LogP contribution in [0.5, 0.6) is 0 Å². The van der Waals surface area contributed by atoms with Gasteiger partial charge in [0.1, 0.15) is 11.2 Å². The van der Waals surface area contributed by atoms with Crippen LogP contribution in [0.3, 0.4) is 0 Å². The predicted octanol–water partition coefficient (Wildman–Crippen LogP) is 15.6. The SMILES string of the molecule is CC1(C)c2ccccc2-c2ccc(N(c3ccc(-c4ccc5c(c4)oc4ccccc45)cc3)c3ccc4c(c3)n3c5ccccc5c5ccc6c7ccccc7n4c6c53)cc21. The summed E-state index contributed by atoms with van der Waals surface area (Å²) in [5, 5.41) is 7.38. The van der Waals surface area contributed by atoms with Gasteiger partial charge < -0.3 is 18.1 Å². The van der Waals surface area contributed by atoms with E-state index in [0.29, 0.717) is 0 Å². The Morgan fingerprint density at radius 2 is 0.934 bits per heavy atom. The Labute approximate surface area is 351 Å². The van der Waals surface area contributed by atoms with E-state index in [1.807, 2.05) is 12.1 Å². The average Bonchev–Trinajstić information content (AvgIpc) is 4.02. The molecule has 286 valence electrons. The summed E-state index contributed by atoms with van der Waals surface area (Å²) in [6.07, 6.45) is 0. The molecule has 1 aliphatic carbocycles. The Morgan fingerprint density at radius 3 is 1.70 bits per heavy atom. The van der Waals surface area contributed by atoms with Crippen molar-refractivity contribution < 1.29 is 4.42 Å². The summed E-state index contributed by atoms with van der Waals surface area (Å²) in [6.45, 7) is 4.72. The highest BCUT2D eigenvalue weighted by Gasteiger charge is 2.36. The van der Waals surface area contributed by atoms with Crippen LogP contribution in [0.15, 0.2) is 192 Å². The smallest absolute Gasteiger partial charge is 0.136 e. The van der Waals surface area contributed by atoms with Crippen LogP contribution < -0.4 is 4.90 Å². The molecular weight excluding hydrogens is 743 g/mol. The zero-order valence-corrected chi connectivity index (χ0v) is 33.6. The van der Waals surface area contributed by atoms with Gasteiger partial charge >= 0.3 is 0 Å².